The zero-order valence-corrected chi connectivity index (χ0v) is 10.9. The Morgan fingerprint density at radius 2 is 2.28 bits per heavy atom. The Morgan fingerprint density at radius 1 is 1.50 bits per heavy atom. The van der Waals surface area contributed by atoms with Gasteiger partial charge in [0.25, 0.3) is 0 Å². The quantitative estimate of drug-likeness (QED) is 0.897. The van der Waals surface area contributed by atoms with E-state index >= 15 is 0 Å². The minimum Gasteiger partial charge on any atom is -0.505 e. The molecule has 3 nitrogen and oxygen atoms in total. The summed E-state index contributed by atoms with van der Waals surface area (Å²) in [5.41, 5.74) is 0.638. The summed E-state index contributed by atoms with van der Waals surface area (Å²) in [7, 11) is 1.73. The molecule has 1 saturated heterocycles. The van der Waals surface area contributed by atoms with Gasteiger partial charge < -0.3 is 9.84 Å². The average Bonchev–Trinajstić information content (AvgIpc) is 2.37. The molecule has 0 aliphatic carbocycles. The number of phenolic OH excluding ortho intramolecular Hbond substituents is 1. The first-order chi connectivity index (χ1) is 8.61. The number of para-hydroxylation sites is 1. The molecule has 1 fully saturated rings. The Kier molecular flexibility index (Phi) is 4.19. The smallest absolute Gasteiger partial charge is 0.165 e. The van der Waals surface area contributed by atoms with E-state index in [9.17, 15) is 9.50 Å². The number of benzene rings is 1. The number of hydrogen-bond acceptors (Lipinski definition) is 3. The maximum atomic E-state index is 13.2. The number of piperidine rings is 1. The summed E-state index contributed by atoms with van der Waals surface area (Å²) < 4.78 is 18.7. The minimum atomic E-state index is -0.554. The first-order valence-corrected chi connectivity index (χ1v) is 6.33. The lowest BCUT2D eigenvalue weighted by molar-refractivity contribution is -0.00765. The van der Waals surface area contributed by atoms with E-state index in [4.69, 9.17) is 4.74 Å². The Hall–Kier alpha value is -1.13. The van der Waals surface area contributed by atoms with Gasteiger partial charge in [-0.2, -0.15) is 0 Å². The van der Waals surface area contributed by atoms with Crippen LogP contribution in [-0.4, -0.2) is 36.3 Å². The molecule has 1 aromatic carbocycles. The van der Waals surface area contributed by atoms with Crippen molar-refractivity contribution < 1.29 is 14.2 Å². The van der Waals surface area contributed by atoms with Crippen molar-refractivity contribution in [2.24, 2.45) is 5.92 Å². The van der Waals surface area contributed by atoms with Crippen LogP contribution in [0.1, 0.15) is 18.9 Å². The van der Waals surface area contributed by atoms with Crippen LogP contribution in [0.5, 0.6) is 5.75 Å². The van der Waals surface area contributed by atoms with Crippen LogP contribution in [0.3, 0.4) is 0 Å². The van der Waals surface area contributed by atoms with Crippen molar-refractivity contribution in [3.63, 3.8) is 0 Å². The second kappa shape index (κ2) is 5.67. The summed E-state index contributed by atoms with van der Waals surface area (Å²) in [4.78, 5) is 2.20. The second-order valence-corrected chi connectivity index (χ2v) is 5.02. The fourth-order valence-corrected chi connectivity index (χ4v) is 2.48. The number of hydrogen-bond donors (Lipinski definition) is 1. The lowest BCUT2D eigenvalue weighted by Crippen LogP contribution is -2.43. The molecule has 1 aliphatic rings. The average molecular weight is 253 g/mol. The fraction of sp³-hybridized carbons (Fsp3) is 0.571. The molecule has 2 atom stereocenters. The van der Waals surface area contributed by atoms with Gasteiger partial charge in [-0.15, -0.1) is 0 Å². The highest BCUT2D eigenvalue weighted by atomic mass is 19.1. The van der Waals surface area contributed by atoms with Gasteiger partial charge in [0.1, 0.15) is 0 Å². The Morgan fingerprint density at radius 3 is 3.00 bits per heavy atom. The van der Waals surface area contributed by atoms with Crippen molar-refractivity contribution in [1.82, 2.24) is 4.90 Å². The summed E-state index contributed by atoms with van der Waals surface area (Å²) >= 11 is 0. The Labute approximate surface area is 107 Å². The summed E-state index contributed by atoms with van der Waals surface area (Å²) in [5.74, 6) is -0.237. The number of halogens is 1. The molecule has 4 heteroatoms. The van der Waals surface area contributed by atoms with E-state index in [1.54, 1.807) is 19.2 Å². The number of rotatable bonds is 3. The molecule has 1 heterocycles. The molecule has 0 saturated carbocycles. The van der Waals surface area contributed by atoms with Crippen molar-refractivity contribution in [2.45, 2.75) is 26.0 Å². The molecule has 2 unspecified atom stereocenters. The zero-order valence-electron chi connectivity index (χ0n) is 10.9. The monoisotopic (exact) mass is 253 g/mol. The van der Waals surface area contributed by atoms with Crippen molar-refractivity contribution >= 4 is 0 Å². The Bertz CT molecular complexity index is 411. The molecule has 18 heavy (non-hydrogen) atoms. The Balaban J connectivity index is 2.03. The molecular formula is C14H20FNO2. The largest absolute Gasteiger partial charge is 0.505 e. The highest BCUT2D eigenvalue weighted by molar-refractivity contribution is 5.33. The number of phenols is 1. The fourth-order valence-electron chi connectivity index (χ4n) is 2.48. The number of nitrogens with zero attached hydrogens (tertiary/aromatic N) is 1. The zero-order chi connectivity index (χ0) is 13.1. The van der Waals surface area contributed by atoms with Gasteiger partial charge in [-0.05, 0) is 24.9 Å². The molecule has 0 bridgehead atoms. The first-order valence-electron chi connectivity index (χ1n) is 6.33. The lowest BCUT2D eigenvalue weighted by atomic mass is 9.95. The summed E-state index contributed by atoms with van der Waals surface area (Å²) in [6.07, 6.45) is 1.28. The summed E-state index contributed by atoms with van der Waals surface area (Å²) in [6, 6.07) is 4.66. The van der Waals surface area contributed by atoms with Gasteiger partial charge >= 0.3 is 0 Å². The SMILES string of the molecule is COC1CN(Cc2cccc(F)c2O)CCC1C. The van der Waals surface area contributed by atoms with Crippen LogP contribution < -0.4 is 0 Å². The predicted octanol–water partition coefficient (Wildman–Crippen LogP) is 2.39. The molecular weight excluding hydrogens is 233 g/mol. The molecule has 0 radical (unpaired) electrons. The van der Waals surface area contributed by atoms with Gasteiger partial charge in [0, 0.05) is 25.8 Å². The van der Waals surface area contributed by atoms with Gasteiger partial charge in [0.05, 0.1) is 6.10 Å². The third kappa shape index (κ3) is 2.82. The highest BCUT2D eigenvalue weighted by Crippen LogP contribution is 2.25. The number of likely N-dealkylation sites (tertiary alicyclic amines) is 1. The maximum absolute atomic E-state index is 13.2. The first kappa shape index (κ1) is 13.3. The van der Waals surface area contributed by atoms with Gasteiger partial charge in [0.2, 0.25) is 0 Å². The van der Waals surface area contributed by atoms with E-state index in [-0.39, 0.29) is 11.9 Å². The molecule has 0 aromatic heterocycles. The highest BCUT2D eigenvalue weighted by Gasteiger charge is 2.26. The summed E-state index contributed by atoms with van der Waals surface area (Å²) in [6.45, 7) is 4.53. The van der Waals surface area contributed by atoms with Gasteiger partial charge in [-0.3, -0.25) is 4.90 Å². The molecule has 0 amide bonds. The standard InChI is InChI=1S/C14H20FNO2/c1-10-6-7-16(9-13(10)18-2)8-11-4-3-5-12(15)14(11)17/h3-5,10,13,17H,6-9H2,1-2H3. The van der Waals surface area contributed by atoms with Gasteiger partial charge in [-0.1, -0.05) is 19.1 Å². The lowest BCUT2D eigenvalue weighted by Gasteiger charge is -2.36. The number of ether oxygens (including phenoxy) is 1. The van der Waals surface area contributed by atoms with Crippen molar-refractivity contribution in [2.75, 3.05) is 20.2 Å². The molecule has 1 aliphatic heterocycles. The van der Waals surface area contributed by atoms with Gasteiger partial charge in [0.15, 0.2) is 11.6 Å². The third-order valence-corrected chi connectivity index (χ3v) is 3.74. The normalized spacial score (nSPS) is 25.3. The number of methoxy groups -OCH3 is 1. The van der Waals surface area contributed by atoms with Crippen LogP contribution in [0.25, 0.3) is 0 Å². The van der Waals surface area contributed by atoms with Crippen LogP contribution >= 0.6 is 0 Å². The van der Waals surface area contributed by atoms with E-state index in [1.165, 1.54) is 6.07 Å². The van der Waals surface area contributed by atoms with Crippen LogP contribution in [-0.2, 0) is 11.3 Å². The van der Waals surface area contributed by atoms with Crippen LogP contribution in [0, 0.1) is 11.7 Å². The molecule has 100 valence electrons. The molecule has 0 spiro atoms. The van der Waals surface area contributed by atoms with Crippen molar-refractivity contribution in [3.05, 3.63) is 29.6 Å². The summed E-state index contributed by atoms with van der Waals surface area (Å²) in [5, 5.41) is 9.67. The van der Waals surface area contributed by atoms with Crippen molar-refractivity contribution in [1.29, 1.82) is 0 Å². The predicted molar refractivity (Wildman–Crippen MR) is 67.9 cm³/mol. The maximum Gasteiger partial charge on any atom is 0.165 e. The van der Waals surface area contributed by atoms with E-state index in [2.05, 4.69) is 11.8 Å². The molecule has 1 aromatic rings. The second-order valence-electron chi connectivity index (χ2n) is 5.02. The van der Waals surface area contributed by atoms with Gasteiger partial charge in [-0.25, -0.2) is 4.39 Å². The van der Waals surface area contributed by atoms with E-state index in [0.29, 0.717) is 18.0 Å². The van der Waals surface area contributed by atoms with E-state index in [1.807, 2.05) is 0 Å². The number of aromatic hydroxyl groups is 1. The van der Waals surface area contributed by atoms with E-state index < -0.39 is 5.82 Å². The topological polar surface area (TPSA) is 32.7 Å². The van der Waals surface area contributed by atoms with Crippen LogP contribution in [0.4, 0.5) is 4.39 Å². The minimum absolute atomic E-state index is 0.217. The van der Waals surface area contributed by atoms with E-state index in [0.717, 1.165) is 19.5 Å². The van der Waals surface area contributed by atoms with Crippen LogP contribution in [0.2, 0.25) is 0 Å². The molecule has 1 N–H and O–H groups in total. The third-order valence-electron chi connectivity index (χ3n) is 3.74. The molecule has 2 rings (SSSR count). The van der Waals surface area contributed by atoms with Crippen molar-refractivity contribution in [3.8, 4) is 5.75 Å². The van der Waals surface area contributed by atoms with Crippen LogP contribution in [0.15, 0.2) is 18.2 Å².